The molecule has 6 N–H and O–H groups in total. The number of anilines is 3. The van der Waals surface area contributed by atoms with Crippen molar-refractivity contribution in [3.63, 3.8) is 0 Å². The van der Waals surface area contributed by atoms with Gasteiger partial charge in [-0.1, -0.05) is 18.9 Å². The SMILES string of the molecule is NC(=O)c1cc(F)c(NC2CCCC[C@@H]2N)nc1Nc1ccc2cc(-n3cccn3)cnc2c1. The summed E-state index contributed by atoms with van der Waals surface area (Å²) in [5.74, 6) is -1.23. The molecule has 1 amide bonds. The molecule has 2 atom stereocenters. The van der Waals surface area contributed by atoms with Gasteiger partial charge in [-0.05, 0) is 43.2 Å². The second-order valence-corrected chi connectivity index (χ2v) is 8.45. The molecule has 1 saturated carbocycles. The summed E-state index contributed by atoms with van der Waals surface area (Å²) < 4.78 is 16.5. The topological polar surface area (TPSA) is 137 Å². The first-order valence-electron chi connectivity index (χ1n) is 11.2. The number of pyridine rings is 2. The molecule has 0 radical (unpaired) electrons. The van der Waals surface area contributed by atoms with E-state index < -0.39 is 11.7 Å². The highest BCUT2D eigenvalue weighted by atomic mass is 19.1. The fraction of sp³-hybridized carbons (Fsp3) is 0.250. The molecule has 10 heteroatoms. The van der Waals surface area contributed by atoms with Crippen molar-refractivity contribution in [2.24, 2.45) is 11.5 Å². The highest BCUT2D eigenvalue weighted by Gasteiger charge is 2.24. The Hall–Kier alpha value is -4.05. The van der Waals surface area contributed by atoms with Gasteiger partial charge in [0.2, 0.25) is 0 Å². The summed E-state index contributed by atoms with van der Waals surface area (Å²) >= 11 is 0. The largest absolute Gasteiger partial charge is 0.365 e. The van der Waals surface area contributed by atoms with Crippen molar-refractivity contribution < 1.29 is 9.18 Å². The van der Waals surface area contributed by atoms with E-state index in [2.05, 4.69) is 25.7 Å². The van der Waals surface area contributed by atoms with E-state index >= 15 is 0 Å². The average molecular weight is 461 g/mol. The third-order valence-corrected chi connectivity index (χ3v) is 6.08. The van der Waals surface area contributed by atoms with Crippen LogP contribution in [0.15, 0.2) is 55.0 Å². The lowest BCUT2D eigenvalue weighted by Gasteiger charge is -2.30. The maximum atomic E-state index is 14.8. The second kappa shape index (κ2) is 9.06. The minimum atomic E-state index is -0.780. The standard InChI is InChI=1S/C24H25FN8O/c25-18-12-17(22(27)34)23(32-24(18)31-20-5-2-1-4-19(20)26)30-15-7-6-14-10-16(13-28-21(14)11-15)33-9-3-8-29-33/h3,6-13,19-20H,1-2,4-5,26H2,(H2,27,34)(H2,30,31,32)/t19-,20?/m0/s1. The van der Waals surface area contributed by atoms with Crippen LogP contribution in [0.4, 0.5) is 21.7 Å². The monoisotopic (exact) mass is 460 g/mol. The van der Waals surface area contributed by atoms with E-state index in [1.807, 2.05) is 36.5 Å². The molecule has 9 nitrogen and oxygen atoms in total. The number of benzene rings is 1. The van der Waals surface area contributed by atoms with Gasteiger partial charge in [0.1, 0.15) is 5.82 Å². The maximum absolute atomic E-state index is 14.8. The Morgan fingerprint density at radius 2 is 2.00 bits per heavy atom. The summed E-state index contributed by atoms with van der Waals surface area (Å²) in [6.07, 6.45) is 9.05. The van der Waals surface area contributed by atoms with Crippen LogP contribution >= 0.6 is 0 Å². The van der Waals surface area contributed by atoms with E-state index in [1.54, 1.807) is 17.1 Å². The number of primary amides is 1. The number of carbonyl (C=O) groups is 1. The predicted molar refractivity (Wildman–Crippen MR) is 129 cm³/mol. The van der Waals surface area contributed by atoms with Crippen LogP contribution in [0, 0.1) is 5.82 Å². The van der Waals surface area contributed by atoms with Gasteiger partial charge in [0.15, 0.2) is 11.6 Å². The zero-order valence-corrected chi connectivity index (χ0v) is 18.4. The number of hydrogen-bond donors (Lipinski definition) is 4. The van der Waals surface area contributed by atoms with Crippen LogP contribution in [0.3, 0.4) is 0 Å². The summed E-state index contributed by atoms with van der Waals surface area (Å²) in [7, 11) is 0. The van der Waals surface area contributed by atoms with Gasteiger partial charge in [-0.3, -0.25) is 9.78 Å². The third kappa shape index (κ3) is 4.40. The molecule has 5 rings (SSSR count). The molecule has 1 aromatic carbocycles. The number of carbonyl (C=O) groups excluding carboxylic acids is 1. The quantitative estimate of drug-likeness (QED) is 0.346. The molecule has 3 heterocycles. The minimum Gasteiger partial charge on any atom is -0.365 e. The lowest BCUT2D eigenvalue weighted by atomic mass is 9.91. The van der Waals surface area contributed by atoms with Gasteiger partial charge in [-0.15, -0.1) is 0 Å². The Balaban J connectivity index is 1.45. The van der Waals surface area contributed by atoms with Crippen LogP contribution < -0.4 is 22.1 Å². The van der Waals surface area contributed by atoms with Crippen molar-refractivity contribution in [3.8, 4) is 5.69 Å². The smallest absolute Gasteiger partial charge is 0.252 e. The first-order chi connectivity index (χ1) is 16.5. The van der Waals surface area contributed by atoms with E-state index in [4.69, 9.17) is 11.5 Å². The molecule has 34 heavy (non-hydrogen) atoms. The molecule has 1 fully saturated rings. The first-order valence-corrected chi connectivity index (χ1v) is 11.2. The highest BCUT2D eigenvalue weighted by molar-refractivity contribution is 5.99. The van der Waals surface area contributed by atoms with Crippen molar-refractivity contribution in [2.75, 3.05) is 10.6 Å². The lowest BCUT2D eigenvalue weighted by molar-refractivity contribution is 0.100. The molecule has 1 unspecified atom stereocenters. The van der Waals surface area contributed by atoms with Crippen molar-refractivity contribution in [1.29, 1.82) is 0 Å². The van der Waals surface area contributed by atoms with Crippen molar-refractivity contribution in [1.82, 2.24) is 19.7 Å². The van der Waals surface area contributed by atoms with E-state index in [9.17, 15) is 9.18 Å². The van der Waals surface area contributed by atoms with Gasteiger partial charge in [-0.25, -0.2) is 14.1 Å². The fourth-order valence-electron chi connectivity index (χ4n) is 4.26. The van der Waals surface area contributed by atoms with Gasteiger partial charge < -0.3 is 22.1 Å². The molecule has 1 aliphatic carbocycles. The zero-order valence-electron chi connectivity index (χ0n) is 18.4. The highest BCUT2D eigenvalue weighted by Crippen LogP contribution is 2.28. The summed E-state index contributed by atoms with van der Waals surface area (Å²) in [6.45, 7) is 0. The molecule has 0 bridgehead atoms. The maximum Gasteiger partial charge on any atom is 0.252 e. The molecule has 174 valence electrons. The summed E-state index contributed by atoms with van der Waals surface area (Å²) in [4.78, 5) is 20.9. The lowest BCUT2D eigenvalue weighted by Crippen LogP contribution is -2.43. The molecule has 0 saturated heterocycles. The summed E-state index contributed by atoms with van der Waals surface area (Å²) in [6, 6.07) is 10.3. The van der Waals surface area contributed by atoms with Gasteiger partial charge in [-0.2, -0.15) is 5.10 Å². The van der Waals surface area contributed by atoms with Gasteiger partial charge >= 0.3 is 0 Å². The van der Waals surface area contributed by atoms with E-state index in [1.165, 1.54) is 0 Å². The van der Waals surface area contributed by atoms with Crippen molar-refractivity contribution in [3.05, 3.63) is 66.4 Å². The molecule has 1 aliphatic rings. The average Bonchev–Trinajstić information content (AvgIpc) is 3.37. The van der Waals surface area contributed by atoms with Crippen molar-refractivity contribution in [2.45, 2.75) is 37.8 Å². The van der Waals surface area contributed by atoms with E-state index in [0.717, 1.165) is 48.3 Å². The number of aromatic nitrogens is 4. The number of amides is 1. The number of nitrogens with zero attached hydrogens (tertiary/aromatic N) is 4. The molecular weight excluding hydrogens is 435 g/mol. The minimum absolute atomic E-state index is 0.0395. The van der Waals surface area contributed by atoms with E-state index in [0.29, 0.717) is 5.69 Å². The third-order valence-electron chi connectivity index (χ3n) is 6.08. The number of fused-ring (bicyclic) bond motifs is 1. The number of rotatable bonds is 6. The van der Waals surface area contributed by atoms with Crippen LogP contribution in [0.5, 0.6) is 0 Å². The Morgan fingerprint density at radius 1 is 1.15 bits per heavy atom. The van der Waals surface area contributed by atoms with Gasteiger partial charge in [0.05, 0.1) is 23.0 Å². The van der Waals surface area contributed by atoms with Crippen LogP contribution in [0.2, 0.25) is 0 Å². The summed E-state index contributed by atoms with van der Waals surface area (Å²) in [5, 5.41) is 11.3. The number of nitrogens with two attached hydrogens (primary N) is 2. The van der Waals surface area contributed by atoms with E-state index in [-0.39, 0.29) is 29.3 Å². The van der Waals surface area contributed by atoms with Gasteiger partial charge in [0.25, 0.3) is 5.91 Å². The van der Waals surface area contributed by atoms with Crippen molar-refractivity contribution >= 4 is 34.1 Å². The first kappa shape index (κ1) is 21.8. The van der Waals surface area contributed by atoms with Crippen LogP contribution in [-0.2, 0) is 0 Å². The van der Waals surface area contributed by atoms with Crippen LogP contribution in [-0.4, -0.2) is 37.7 Å². The summed E-state index contributed by atoms with van der Waals surface area (Å²) in [5.41, 5.74) is 13.9. The molecule has 3 aromatic heterocycles. The molecule has 0 spiro atoms. The second-order valence-electron chi connectivity index (χ2n) is 8.45. The number of halogens is 1. The molecule has 0 aliphatic heterocycles. The Kier molecular flexibility index (Phi) is 5.81. The Bertz CT molecular complexity index is 1340. The number of nitrogens with one attached hydrogen (secondary N) is 2. The fourth-order valence-corrected chi connectivity index (χ4v) is 4.26. The normalized spacial score (nSPS) is 18.1. The predicted octanol–water partition coefficient (Wildman–Crippen LogP) is 3.48. The Labute approximate surface area is 195 Å². The van der Waals surface area contributed by atoms with Gasteiger partial charge in [0, 0.05) is 35.6 Å². The molecular formula is C24H25FN8O. The number of hydrogen-bond acceptors (Lipinski definition) is 7. The van der Waals surface area contributed by atoms with Crippen LogP contribution in [0.25, 0.3) is 16.6 Å². The molecule has 4 aromatic rings. The van der Waals surface area contributed by atoms with Crippen LogP contribution in [0.1, 0.15) is 36.0 Å². The zero-order chi connectivity index (χ0) is 23.7. The Morgan fingerprint density at radius 3 is 2.76 bits per heavy atom.